The van der Waals surface area contributed by atoms with E-state index in [0.29, 0.717) is 17.7 Å². The number of nitrogens with two attached hydrogens (primary N) is 1. The molecule has 0 saturated carbocycles. The molecule has 2 rings (SSSR count). The van der Waals surface area contributed by atoms with Crippen LogP contribution in [0.1, 0.15) is 28.2 Å². The molecular weight excluding hydrogens is 378 g/mol. The van der Waals surface area contributed by atoms with Gasteiger partial charge in [-0.3, -0.25) is 4.79 Å². The molecule has 0 aliphatic heterocycles. The fraction of sp³-hybridized carbons (Fsp3) is 0.350. The van der Waals surface area contributed by atoms with Crippen LogP contribution in [-0.2, 0) is 9.53 Å². The third-order valence-corrected chi connectivity index (χ3v) is 4.95. The van der Waals surface area contributed by atoms with Crippen LogP contribution in [0.15, 0.2) is 36.4 Å². The number of benzene rings is 1. The molecule has 7 nitrogen and oxygen atoms in total. The highest BCUT2D eigenvalue weighted by atomic mass is 32.2. The van der Waals surface area contributed by atoms with Gasteiger partial charge in [0.2, 0.25) is 5.78 Å². The molecule has 0 unspecified atom stereocenters. The van der Waals surface area contributed by atoms with Gasteiger partial charge in [0.05, 0.1) is 0 Å². The molecule has 2 aromatic rings. The number of nitrogens with zero attached hydrogens (tertiary/aromatic N) is 1. The lowest BCUT2D eigenvalue weighted by Crippen LogP contribution is -2.45. The number of Topliss-reactive ketones (excluding diaryl/α,β-unsaturated/α-hetero) is 1. The highest BCUT2D eigenvalue weighted by Crippen LogP contribution is 2.21. The Hall–Kier alpha value is -2.74. The van der Waals surface area contributed by atoms with Gasteiger partial charge in [-0.15, -0.1) is 0 Å². The van der Waals surface area contributed by atoms with E-state index in [2.05, 4.69) is 5.32 Å². The van der Waals surface area contributed by atoms with Crippen molar-refractivity contribution in [2.45, 2.75) is 26.3 Å². The predicted molar refractivity (Wildman–Crippen MR) is 110 cm³/mol. The molecule has 0 bridgehead atoms. The van der Waals surface area contributed by atoms with Crippen molar-refractivity contribution in [2.24, 2.45) is 5.73 Å². The number of thioether (sulfide) groups is 1. The van der Waals surface area contributed by atoms with Crippen LogP contribution < -0.4 is 11.1 Å². The number of primary amides is 1. The summed E-state index contributed by atoms with van der Waals surface area (Å²) >= 11 is 1.53. The van der Waals surface area contributed by atoms with Crippen molar-refractivity contribution < 1.29 is 19.1 Å². The fourth-order valence-electron chi connectivity index (χ4n) is 2.99. The van der Waals surface area contributed by atoms with Crippen LogP contribution in [0.5, 0.6) is 0 Å². The van der Waals surface area contributed by atoms with Crippen molar-refractivity contribution >= 4 is 29.5 Å². The van der Waals surface area contributed by atoms with E-state index in [4.69, 9.17) is 10.5 Å². The van der Waals surface area contributed by atoms with Gasteiger partial charge in [0.25, 0.3) is 0 Å². The monoisotopic (exact) mass is 403 g/mol. The van der Waals surface area contributed by atoms with E-state index in [1.165, 1.54) is 11.8 Å². The van der Waals surface area contributed by atoms with Crippen LogP contribution in [-0.4, -0.2) is 47.0 Å². The lowest BCUT2D eigenvalue weighted by Gasteiger charge is -2.15. The van der Waals surface area contributed by atoms with E-state index in [1.807, 2.05) is 55.0 Å². The van der Waals surface area contributed by atoms with Gasteiger partial charge < -0.3 is 20.4 Å². The molecule has 1 aromatic carbocycles. The minimum atomic E-state index is -0.866. The second-order valence-electron chi connectivity index (χ2n) is 6.33. The normalized spacial score (nSPS) is 11.7. The summed E-state index contributed by atoms with van der Waals surface area (Å²) in [4.78, 5) is 35.9. The Kier molecular flexibility index (Phi) is 7.69. The number of carbonyl (C=O) groups excluding carboxylic acids is 3. The molecule has 28 heavy (non-hydrogen) atoms. The molecule has 150 valence electrons. The van der Waals surface area contributed by atoms with Gasteiger partial charge in [-0.2, -0.15) is 11.8 Å². The van der Waals surface area contributed by atoms with Crippen molar-refractivity contribution in [1.82, 2.24) is 9.88 Å². The Bertz CT molecular complexity index is 849. The van der Waals surface area contributed by atoms with Gasteiger partial charge in [-0.25, -0.2) is 9.59 Å². The van der Waals surface area contributed by atoms with E-state index < -0.39 is 24.6 Å². The van der Waals surface area contributed by atoms with Crippen molar-refractivity contribution in [2.75, 3.05) is 18.6 Å². The van der Waals surface area contributed by atoms with Gasteiger partial charge in [0, 0.05) is 22.6 Å². The molecule has 1 atom stereocenters. The molecule has 0 saturated heterocycles. The summed E-state index contributed by atoms with van der Waals surface area (Å²) in [6, 6.07) is 9.81. The van der Waals surface area contributed by atoms with Gasteiger partial charge >= 0.3 is 12.0 Å². The molecule has 0 radical (unpaired) electrons. The summed E-state index contributed by atoms with van der Waals surface area (Å²) in [5.41, 5.74) is 8.25. The summed E-state index contributed by atoms with van der Waals surface area (Å²) in [5, 5.41) is 2.36. The first-order valence-corrected chi connectivity index (χ1v) is 10.2. The maximum atomic E-state index is 12.6. The molecule has 1 aromatic heterocycles. The number of para-hydroxylation sites is 1. The Labute approximate surface area is 168 Å². The van der Waals surface area contributed by atoms with Crippen LogP contribution in [0.25, 0.3) is 5.69 Å². The first kappa shape index (κ1) is 21.6. The Morgan fingerprint density at radius 3 is 2.50 bits per heavy atom. The predicted octanol–water partition coefficient (Wildman–Crippen LogP) is 2.61. The van der Waals surface area contributed by atoms with Crippen molar-refractivity contribution in [3.63, 3.8) is 0 Å². The Morgan fingerprint density at radius 1 is 1.21 bits per heavy atom. The summed E-state index contributed by atoms with van der Waals surface area (Å²) in [6.45, 7) is 3.37. The van der Waals surface area contributed by atoms with Crippen LogP contribution in [0.3, 0.4) is 0 Å². The first-order valence-electron chi connectivity index (χ1n) is 8.84. The Balaban J connectivity index is 2.08. The summed E-state index contributed by atoms with van der Waals surface area (Å²) in [7, 11) is 0. The zero-order valence-corrected chi connectivity index (χ0v) is 17.0. The Morgan fingerprint density at radius 2 is 1.89 bits per heavy atom. The van der Waals surface area contributed by atoms with Crippen LogP contribution in [0.2, 0.25) is 0 Å². The van der Waals surface area contributed by atoms with Gasteiger partial charge in [0.15, 0.2) is 6.61 Å². The summed E-state index contributed by atoms with van der Waals surface area (Å²) in [6.07, 6.45) is 2.26. The van der Waals surface area contributed by atoms with Gasteiger partial charge in [0.1, 0.15) is 6.04 Å². The third-order valence-electron chi connectivity index (χ3n) is 4.30. The number of ketones is 1. The molecule has 0 spiro atoms. The lowest BCUT2D eigenvalue weighted by atomic mass is 10.1. The van der Waals surface area contributed by atoms with Gasteiger partial charge in [-0.1, -0.05) is 18.2 Å². The topological polar surface area (TPSA) is 103 Å². The number of amides is 2. The molecule has 0 aliphatic rings. The van der Waals surface area contributed by atoms with Gasteiger partial charge in [-0.05, 0) is 50.5 Å². The molecular formula is C20H25N3O4S. The fourth-order valence-corrected chi connectivity index (χ4v) is 3.46. The molecule has 3 N–H and O–H groups in total. The van der Waals surface area contributed by atoms with E-state index in [0.717, 1.165) is 17.1 Å². The zero-order valence-electron chi connectivity index (χ0n) is 16.2. The van der Waals surface area contributed by atoms with Crippen LogP contribution in [0, 0.1) is 13.8 Å². The lowest BCUT2D eigenvalue weighted by molar-refractivity contribution is -0.144. The largest absolute Gasteiger partial charge is 0.456 e. The summed E-state index contributed by atoms with van der Waals surface area (Å²) < 4.78 is 7.13. The average molecular weight is 404 g/mol. The van der Waals surface area contributed by atoms with Crippen LogP contribution in [0.4, 0.5) is 4.79 Å². The maximum absolute atomic E-state index is 12.6. The SMILES string of the molecule is CSCC[C@@H](NC(N)=O)C(=O)OCC(=O)c1cc(C)n(-c2ccccc2)c1C. The highest BCUT2D eigenvalue weighted by Gasteiger charge is 2.23. The zero-order chi connectivity index (χ0) is 20.7. The number of urea groups is 1. The van der Waals surface area contributed by atoms with Crippen molar-refractivity contribution in [3.8, 4) is 5.69 Å². The van der Waals surface area contributed by atoms with E-state index in [9.17, 15) is 14.4 Å². The first-order chi connectivity index (χ1) is 13.3. The van der Waals surface area contributed by atoms with Crippen molar-refractivity contribution in [3.05, 3.63) is 53.3 Å². The van der Waals surface area contributed by atoms with E-state index in [-0.39, 0.29) is 5.78 Å². The quantitative estimate of drug-likeness (QED) is 0.495. The standard InChI is InChI=1S/C20H25N3O4S/c1-13-11-16(14(2)23(13)15-7-5-4-6-8-15)18(24)12-27-19(25)17(9-10-28-3)22-20(21)26/h4-8,11,17H,9-10,12H2,1-3H3,(H3,21,22,26)/t17-/m1/s1. The number of hydrogen-bond acceptors (Lipinski definition) is 5. The second kappa shape index (κ2) is 9.98. The molecule has 8 heteroatoms. The number of rotatable bonds is 9. The molecule has 0 fully saturated rings. The molecule has 1 heterocycles. The number of hydrogen-bond donors (Lipinski definition) is 2. The summed E-state index contributed by atoms with van der Waals surface area (Å²) in [5.74, 6) is -0.323. The van der Waals surface area contributed by atoms with E-state index in [1.54, 1.807) is 6.07 Å². The number of aryl methyl sites for hydroxylation is 1. The van der Waals surface area contributed by atoms with Crippen molar-refractivity contribution in [1.29, 1.82) is 0 Å². The second-order valence-corrected chi connectivity index (χ2v) is 7.31. The number of ether oxygens (including phenoxy) is 1. The van der Waals surface area contributed by atoms with E-state index >= 15 is 0 Å². The number of esters is 1. The minimum Gasteiger partial charge on any atom is -0.456 e. The van der Waals surface area contributed by atoms with Crippen LogP contribution >= 0.6 is 11.8 Å². The number of nitrogens with one attached hydrogen (secondary N) is 1. The smallest absolute Gasteiger partial charge is 0.329 e. The molecule has 2 amide bonds. The third kappa shape index (κ3) is 5.39. The maximum Gasteiger partial charge on any atom is 0.329 e. The average Bonchev–Trinajstić information content (AvgIpc) is 2.97. The highest BCUT2D eigenvalue weighted by molar-refractivity contribution is 7.98. The number of carbonyl (C=O) groups is 3. The number of aromatic nitrogens is 1. The molecule has 0 aliphatic carbocycles. The minimum absolute atomic E-state index is 0.300.